The summed E-state index contributed by atoms with van der Waals surface area (Å²) >= 11 is 0. The summed E-state index contributed by atoms with van der Waals surface area (Å²) in [6.45, 7) is 4.45. The molecule has 12 nitrogen and oxygen atoms in total. The standard InChI is InChI=1S/C25H32FN2O10P/c1-5-35-39(32,36-6-2)19(26)14-18-20(38-24(30)17-10-8-7-9-11-17)21(34-13-12-33-4)23(37-18)28-15-16(3)22(29)27-25(28)31/h7-11,14-15,18,20-21,23H,5-6,12-13H2,1-4H3,(H,27,29,31)/b19-14-/t18-,20-,21-,23-/m1/s1. The van der Waals surface area contributed by atoms with Crippen LogP contribution in [0.4, 0.5) is 4.39 Å². The lowest BCUT2D eigenvalue weighted by Crippen LogP contribution is -2.41. The number of methoxy groups -OCH3 is 1. The number of hydrogen-bond donors (Lipinski definition) is 1. The average Bonchev–Trinajstić information content (AvgIpc) is 3.23. The molecule has 1 aromatic heterocycles. The van der Waals surface area contributed by atoms with Gasteiger partial charge < -0.3 is 28.0 Å². The van der Waals surface area contributed by atoms with Gasteiger partial charge in [-0.2, -0.15) is 4.39 Å². The van der Waals surface area contributed by atoms with Gasteiger partial charge in [0.2, 0.25) is 5.57 Å². The molecule has 0 aliphatic carbocycles. The molecule has 14 heteroatoms. The lowest BCUT2D eigenvalue weighted by atomic mass is 10.1. The Kier molecular flexibility index (Phi) is 10.9. The fourth-order valence-corrected chi connectivity index (χ4v) is 5.20. The maximum Gasteiger partial charge on any atom is 0.389 e. The molecule has 0 amide bonds. The number of carbonyl (C=O) groups is 1. The van der Waals surface area contributed by atoms with E-state index in [-0.39, 0.29) is 37.6 Å². The summed E-state index contributed by atoms with van der Waals surface area (Å²) in [5.41, 5.74) is -2.31. The number of rotatable bonds is 13. The second-order valence-corrected chi connectivity index (χ2v) is 10.3. The number of aryl methyl sites for hydroxylation is 1. The summed E-state index contributed by atoms with van der Waals surface area (Å²) in [5, 5.41) is 0. The van der Waals surface area contributed by atoms with Crippen molar-refractivity contribution >= 4 is 13.6 Å². The number of aromatic nitrogens is 2. The third kappa shape index (κ3) is 7.38. The van der Waals surface area contributed by atoms with Crippen molar-refractivity contribution in [2.45, 2.75) is 45.3 Å². The zero-order valence-corrected chi connectivity index (χ0v) is 22.9. The summed E-state index contributed by atoms with van der Waals surface area (Å²) in [7, 11) is -2.89. The van der Waals surface area contributed by atoms with E-state index in [1.165, 1.54) is 46.2 Å². The van der Waals surface area contributed by atoms with Crippen molar-refractivity contribution in [2.75, 3.05) is 33.5 Å². The van der Waals surface area contributed by atoms with Gasteiger partial charge in [0.1, 0.15) is 12.2 Å². The Morgan fingerprint density at radius 3 is 2.41 bits per heavy atom. The van der Waals surface area contributed by atoms with E-state index in [0.29, 0.717) is 0 Å². The number of H-pyrrole nitrogens is 1. The Morgan fingerprint density at radius 2 is 1.79 bits per heavy atom. The summed E-state index contributed by atoms with van der Waals surface area (Å²) in [5.74, 6) is -0.771. The summed E-state index contributed by atoms with van der Waals surface area (Å²) in [6, 6.07) is 8.04. The Balaban J connectivity index is 2.10. The number of nitrogens with one attached hydrogen (secondary N) is 1. The van der Waals surface area contributed by atoms with E-state index in [1.807, 2.05) is 0 Å². The van der Waals surface area contributed by atoms with Crippen LogP contribution in [0.1, 0.15) is 36.0 Å². The molecule has 0 spiro atoms. The number of hydrogen-bond acceptors (Lipinski definition) is 10. The molecule has 1 N–H and O–H groups in total. The van der Waals surface area contributed by atoms with Crippen molar-refractivity contribution in [3.8, 4) is 0 Å². The lowest BCUT2D eigenvalue weighted by Gasteiger charge is -2.25. The first-order valence-electron chi connectivity index (χ1n) is 12.3. The third-order valence-corrected chi connectivity index (χ3v) is 7.53. The minimum absolute atomic E-state index is 0.00714. The van der Waals surface area contributed by atoms with Gasteiger partial charge in [-0.15, -0.1) is 0 Å². The highest BCUT2D eigenvalue weighted by molar-refractivity contribution is 7.58. The van der Waals surface area contributed by atoms with Crippen LogP contribution in [0.3, 0.4) is 0 Å². The van der Waals surface area contributed by atoms with E-state index in [4.69, 9.17) is 28.0 Å². The molecular formula is C25H32FN2O10P. The highest BCUT2D eigenvalue weighted by Gasteiger charge is 2.50. The molecule has 1 saturated heterocycles. The minimum Gasteiger partial charge on any atom is -0.453 e. The maximum atomic E-state index is 15.4. The monoisotopic (exact) mass is 570 g/mol. The van der Waals surface area contributed by atoms with Crippen molar-refractivity contribution in [2.24, 2.45) is 0 Å². The van der Waals surface area contributed by atoms with Crippen molar-refractivity contribution in [1.82, 2.24) is 9.55 Å². The van der Waals surface area contributed by atoms with Gasteiger partial charge in [-0.3, -0.25) is 18.9 Å². The molecule has 39 heavy (non-hydrogen) atoms. The average molecular weight is 571 g/mol. The molecule has 214 valence electrons. The molecule has 1 aliphatic rings. The second-order valence-electron chi connectivity index (χ2n) is 8.36. The molecule has 1 aromatic carbocycles. The zero-order chi connectivity index (χ0) is 28.6. The van der Waals surface area contributed by atoms with E-state index in [9.17, 15) is 18.9 Å². The molecule has 0 radical (unpaired) electrons. The Bertz CT molecular complexity index is 1300. The number of aromatic amines is 1. The maximum absolute atomic E-state index is 15.4. The molecule has 0 saturated carbocycles. The van der Waals surface area contributed by atoms with Gasteiger partial charge in [0.15, 0.2) is 12.3 Å². The topological polar surface area (TPSA) is 144 Å². The molecule has 2 aromatic rings. The fourth-order valence-electron chi connectivity index (χ4n) is 3.87. The number of halogens is 1. The molecule has 1 aliphatic heterocycles. The van der Waals surface area contributed by atoms with Gasteiger partial charge in [0.05, 0.1) is 32.0 Å². The summed E-state index contributed by atoms with van der Waals surface area (Å²) in [6.07, 6.45) is -3.12. The van der Waals surface area contributed by atoms with Crippen LogP contribution in [0.15, 0.2) is 57.8 Å². The molecule has 0 unspecified atom stereocenters. The number of nitrogens with zero attached hydrogens (tertiary/aromatic N) is 1. The quantitative estimate of drug-likeness (QED) is 0.217. The Labute approximate surface area is 224 Å². The van der Waals surface area contributed by atoms with Crippen LogP contribution >= 0.6 is 7.60 Å². The largest absolute Gasteiger partial charge is 0.453 e. The van der Waals surface area contributed by atoms with E-state index < -0.39 is 54.9 Å². The first-order chi connectivity index (χ1) is 18.6. The van der Waals surface area contributed by atoms with Crippen LogP contribution in [0.2, 0.25) is 0 Å². The van der Waals surface area contributed by atoms with Crippen molar-refractivity contribution < 1.29 is 41.7 Å². The van der Waals surface area contributed by atoms with E-state index >= 15 is 4.39 Å². The normalized spacial score (nSPS) is 21.7. The van der Waals surface area contributed by atoms with Gasteiger partial charge in [-0.25, -0.2) is 9.59 Å². The first kappa shape index (κ1) is 30.6. The van der Waals surface area contributed by atoms with Crippen LogP contribution in [-0.4, -0.2) is 67.4 Å². The minimum atomic E-state index is -4.35. The highest BCUT2D eigenvalue weighted by atomic mass is 31.2. The number of ether oxygens (including phenoxy) is 4. The van der Waals surface area contributed by atoms with Gasteiger partial charge in [-0.1, -0.05) is 18.2 Å². The predicted octanol–water partition coefficient (Wildman–Crippen LogP) is 3.08. The van der Waals surface area contributed by atoms with Gasteiger partial charge >= 0.3 is 19.3 Å². The SMILES string of the molecule is CCOP(=O)(OCC)/C(F)=C\[C@H]1O[C@@H](n2cc(C)c(=O)[nH]c2=O)[C@H](OCCOC)[C@@H]1OC(=O)c1ccccc1. The van der Waals surface area contributed by atoms with Crippen LogP contribution in [-0.2, 0) is 32.6 Å². The van der Waals surface area contributed by atoms with E-state index in [1.54, 1.807) is 18.2 Å². The number of carbonyl (C=O) groups excluding carboxylic acids is 1. The number of benzene rings is 1. The second kappa shape index (κ2) is 13.9. The summed E-state index contributed by atoms with van der Waals surface area (Å²) in [4.78, 5) is 39.9. The molecule has 1 fully saturated rings. The van der Waals surface area contributed by atoms with Crippen molar-refractivity contribution in [1.29, 1.82) is 0 Å². The lowest BCUT2D eigenvalue weighted by molar-refractivity contribution is -0.0812. The van der Waals surface area contributed by atoms with Crippen molar-refractivity contribution in [3.63, 3.8) is 0 Å². The summed E-state index contributed by atoms with van der Waals surface area (Å²) < 4.78 is 62.3. The smallest absolute Gasteiger partial charge is 0.389 e. The Hall–Kier alpha value is -2.93. The van der Waals surface area contributed by atoms with Crippen LogP contribution in [0.5, 0.6) is 0 Å². The van der Waals surface area contributed by atoms with E-state index in [2.05, 4.69) is 4.98 Å². The van der Waals surface area contributed by atoms with Crippen LogP contribution in [0.25, 0.3) is 0 Å². The van der Waals surface area contributed by atoms with Gasteiger partial charge in [0, 0.05) is 18.9 Å². The molecule has 3 rings (SSSR count). The fraction of sp³-hybridized carbons (Fsp3) is 0.480. The molecule has 4 atom stereocenters. The first-order valence-corrected chi connectivity index (χ1v) is 13.8. The van der Waals surface area contributed by atoms with E-state index in [0.717, 1.165) is 10.6 Å². The van der Waals surface area contributed by atoms with Crippen LogP contribution in [0, 0.1) is 6.92 Å². The predicted molar refractivity (Wildman–Crippen MR) is 137 cm³/mol. The zero-order valence-electron chi connectivity index (χ0n) is 22.0. The van der Waals surface area contributed by atoms with Gasteiger partial charge in [0.25, 0.3) is 5.56 Å². The molecular weight excluding hydrogens is 538 g/mol. The van der Waals surface area contributed by atoms with Gasteiger partial charge in [-0.05, 0) is 39.0 Å². The third-order valence-electron chi connectivity index (χ3n) is 5.66. The number of esters is 1. The Morgan fingerprint density at radius 1 is 1.13 bits per heavy atom. The molecule has 0 bridgehead atoms. The van der Waals surface area contributed by atoms with Crippen LogP contribution < -0.4 is 11.2 Å². The molecule has 2 heterocycles. The van der Waals surface area contributed by atoms with Crippen molar-refractivity contribution in [3.05, 3.63) is 80.1 Å². The highest BCUT2D eigenvalue weighted by Crippen LogP contribution is 2.57.